The zero-order chi connectivity index (χ0) is 17.4. The molecule has 1 amide bonds. The van der Waals surface area contributed by atoms with Gasteiger partial charge in [0, 0.05) is 5.92 Å². The Labute approximate surface area is 135 Å². The molecular weight excluding hydrogens is 329 g/mol. The van der Waals surface area contributed by atoms with Gasteiger partial charge in [0.1, 0.15) is 11.7 Å². The van der Waals surface area contributed by atoms with E-state index in [1.165, 1.54) is 18.2 Å². The van der Waals surface area contributed by atoms with Crippen molar-refractivity contribution >= 4 is 24.3 Å². The number of ketones is 1. The largest absolute Gasteiger partial charge is 0.416 e. The highest BCUT2D eigenvalue weighted by molar-refractivity contribution is 7.84. The van der Waals surface area contributed by atoms with Gasteiger partial charge in [-0.25, -0.2) is 0 Å². The quantitative estimate of drug-likeness (QED) is 0.642. The second-order valence-electron chi connectivity index (χ2n) is 5.01. The van der Waals surface area contributed by atoms with Crippen molar-refractivity contribution in [1.82, 2.24) is 5.32 Å². The van der Waals surface area contributed by atoms with Crippen molar-refractivity contribution in [3.63, 3.8) is 0 Å². The Morgan fingerprint density at radius 1 is 1.35 bits per heavy atom. The number of thiol groups is 1. The van der Waals surface area contributed by atoms with Gasteiger partial charge in [0.2, 0.25) is 5.91 Å². The monoisotopic (exact) mass is 340 g/mol. The third-order valence-electron chi connectivity index (χ3n) is 3.58. The van der Waals surface area contributed by atoms with Crippen molar-refractivity contribution in [3.05, 3.63) is 46.0 Å². The van der Waals surface area contributed by atoms with Crippen LogP contribution in [0.5, 0.6) is 0 Å². The number of nitrogens with one attached hydrogen (secondary N) is 1. The number of allylic oxidation sites excluding steroid dienone is 1. The van der Waals surface area contributed by atoms with E-state index in [0.717, 1.165) is 13.0 Å². The Morgan fingerprint density at radius 2 is 1.96 bits per heavy atom. The summed E-state index contributed by atoms with van der Waals surface area (Å²) in [5.41, 5.74) is -1.46. The third kappa shape index (κ3) is 3.10. The van der Waals surface area contributed by atoms with Crippen LogP contribution in [-0.2, 0) is 15.8 Å². The lowest BCUT2D eigenvalue weighted by atomic mass is 9.75. The number of hydrogen-bond acceptors (Lipinski definition) is 4. The van der Waals surface area contributed by atoms with E-state index in [2.05, 4.69) is 17.9 Å². The number of nitriles is 1. The second-order valence-corrected chi connectivity index (χ2v) is 5.46. The van der Waals surface area contributed by atoms with Crippen LogP contribution in [0.25, 0.3) is 0 Å². The van der Waals surface area contributed by atoms with Crippen LogP contribution in [0.1, 0.15) is 24.0 Å². The maximum absolute atomic E-state index is 13.3. The number of hydrogen-bond donors (Lipinski definition) is 2. The van der Waals surface area contributed by atoms with Gasteiger partial charge >= 0.3 is 6.18 Å². The van der Waals surface area contributed by atoms with E-state index in [-0.39, 0.29) is 16.2 Å². The Morgan fingerprint density at radius 3 is 2.48 bits per heavy atom. The van der Waals surface area contributed by atoms with Gasteiger partial charge in [0.05, 0.1) is 22.2 Å². The average molecular weight is 340 g/mol. The van der Waals surface area contributed by atoms with Gasteiger partial charge < -0.3 is 5.32 Å². The molecule has 2 atom stereocenters. The molecule has 0 saturated carbocycles. The van der Waals surface area contributed by atoms with Crippen LogP contribution in [-0.4, -0.2) is 11.7 Å². The number of carbonyl (C=O) groups is 2. The number of carbonyl (C=O) groups excluding carboxylic acids is 2. The van der Waals surface area contributed by atoms with Crippen molar-refractivity contribution in [2.24, 2.45) is 5.92 Å². The minimum atomic E-state index is -4.68. The summed E-state index contributed by atoms with van der Waals surface area (Å²) in [5, 5.41) is 11.4. The maximum Gasteiger partial charge on any atom is 0.416 e. The van der Waals surface area contributed by atoms with Crippen molar-refractivity contribution in [2.45, 2.75) is 19.0 Å². The van der Waals surface area contributed by atoms with Crippen LogP contribution in [0.2, 0.25) is 0 Å². The molecule has 0 aliphatic carbocycles. The molecule has 1 N–H and O–H groups in total. The van der Waals surface area contributed by atoms with Crippen molar-refractivity contribution in [3.8, 4) is 6.07 Å². The second kappa shape index (κ2) is 6.08. The first-order valence-corrected chi connectivity index (χ1v) is 6.94. The van der Waals surface area contributed by atoms with E-state index in [0.29, 0.717) is 0 Å². The molecule has 0 saturated heterocycles. The van der Waals surface area contributed by atoms with Crippen LogP contribution in [0.4, 0.5) is 13.2 Å². The Bertz CT molecular complexity index is 750. The van der Waals surface area contributed by atoms with Crippen molar-refractivity contribution in [1.29, 1.82) is 5.26 Å². The minimum absolute atomic E-state index is 0.142. The summed E-state index contributed by atoms with van der Waals surface area (Å²) in [6.45, 7) is 1.10. The number of benzene rings is 1. The molecule has 2 rings (SSSR count). The third-order valence-corrected chi connectivity index (χ3v) is 3.94. The molecule has 1 aliphatic rings. The summed E-state index contributed by atoms with van der Waals surface area (Å²) >= 11 is 3.95. The average Bonchev–Trinajstić information content (AvgIpc) is 2.45. The topological polar surface area (TPSA) is 70.0 Å². The fourth-order valence-corrected chi connectivity index (χ4v) is 2.93. The number of nitrogens with zero attached hydrogens (tertiary/aromatic N) is 1. The fraction of sp³-hybridized carbons (Fsp3) is 0.267. The summed E-state index contributed by atoms with van der Waals surface area (Å²) in [5.74, 6) is -4.14. The zero-order valence-corrected chi connectivity index (χ0v) is 12.7. The summed E-state index contributed by atoms with van der Waals surface area (Å²) in [7, 11) is 0. The first kappa shape index (κ1) is 17.1. The molecule has 0 spiro atoms. The molecule has 0 bridgehead atoms. The minimum Gasteiger partial charge on any atom is -0.319 e. The Kier molecular flexibility index (Phi) is 4.52. The lowest BCUT2D eigenvalue weighted by molar-refractivity contribution is -0.140. The van der Waals surface area contributed by atoms with Gasteiger partial charge in [-0.2, -0.15) is 18.4 Å². The number of alkyl halides is 3. The molecule has 1 heterocycles. The van der Waals surface area contributed by atoms with Gasteiger partial charge in [0.25, 0.3) is 0 Å². The van der Waals surface area contributed by atoms with Crippen LogP contribution in [0, 0.1) is 17.2 Å². The van der Waals surface area contributed by atoms with E-state index in [1.54, 1.807) is 6.07 Å². The first-order valence-electron chi connectivity index (χ1n) is 6.49. The number of Topliss-reactive ketones (excluding diaryl/α,β-unsaturated/α-hetero) is 1. The van der Waals surface area contributed by atoms with Gasteiger partial charge in [-0.3, -0.25) is 9.59 Å². The van der Waals surface area contributed by atoms with Crippen molar-refractivity contribution < 1.29 is 22.8 Å². The van der Waals surface area contributed by atoms with Crippen LogP contribution in [0.15, 0.2) is 34.9 Å². The Hall–Kier alpha value is -2.27. The molecular formula is C15H11F3N2O2S. The smallest absolute Gasteiger partial charge is 0.319 e. The number of halogens is 3. The summed E-state index contributed by atoms with van der Waals surface area (Å²) in [4.78, 5) is 23.9. The highest BCUT2D eigenvalue weighted by Gasteiger charge is 2.45. The SMILES string of the molecule is CC(=O)C1C(=O)NC(S)=C(C#N)C1c1ccccc1C(F)(F)F. The highest BCUT2D eigenvalue weighted by atomic mass is 32.1. The first-order chi connectivity index (χ1) is 10.7. The molecule has 2 unspecified atom stereocenters. The molecule has 1 aromatic carbocycles. The van der Waals surface area contributed by atoms with Gasteiger partial charge in [0.15, 0.2) is 0 Å². The summed E-state index contributed by atoms with van der Waals surface area (Å²) in [6.07, 6.45) is -4.68. The molecule has 0 fully saturated rings. The van der Waals surface area contributed by atoms with E-state index >= 15 is 0 Å². The molecule has 23 heavy (non-hydrogen) atoms. The van der Waals surface area contributed by atoms with Gasteiger partial charge in [-0.1, -0.05) is 18.2 Å². The van der Waals surface area contributed by atoms with Crippen LogP contribution in [0.3, 0.4) is 0 Å². The van der Waals surface area contributed by atoms with Gasteiger partial charge in [-0.05, 0) is 18.6 Å². The molecule has 1 aromatic rings. The van der Waals surface area contributed by atoms with Gasteiger partial charge in [-0.15, -0.1) is 12.6 Å². The van der Waals surface area contributed by atoms with Crippen molar-refractivity contribution in [2.75, 3.05) is 0 Å². The molecule has 0 radical (unpaired) electrons. The fourth-order valence-electron chi connectivity index (χ4n) is 2.63. The molecule has 8 heteroatoms. The highest BCUT2D eigenvalue weighted by Crippen LogP contribution is 2.43. The van der Waals surface area contributed by atoms with Crippen LogP contribution >= 0.6 is 12.6 Å². The predicted octanol–water partition coefficient (Wildman–Crippen LogP) is 2.79. The predicted molar refractivity (Wildman–Crippen MR) is 78.1 cm³/mol. The molecule has 120 valence electrons. The molecule has 1 aliphatic heterocycles. The zero-order valence-electron chi connectivity index (χ0n) is 11.8. The van der Waals surface area contributed by atoms with Crippen LogP contribution < -0.4 is 5.32 Å². The standard InChI is InChI=1S/C15H11F3N2O2S/c1-7(21)11-12(9(6-19)14(23)20-13(11)22)8-4-2-3-5-10(8)15(16,17)18/h2-5,11-12,23H,1H3,(H,20,22). The maximum atomic E-state index is 13.3. The molecule has 0 aromatic heterocycles. The number of amides is 1. The van der Waals surface area contributed by atoms with E-state index in [9.17, 15) is 28.0 Å². The lowest BCUT2D eigenvalue weighted by Gasteiger charge is -2.31. The van der Waals surface area contributed by atoms with E-state index < -0.39 is 35.3 Å². The summed E-state index contributed by atoms with van der Waals surface area (Å²) < 4.78 is 39.8. The number of rotatable bonds is 2. The Balaban J connectivity index is 2.76. The lowest BCUT2D eigenvalue weighted by Crippen LogP contribution is -2.42. The normalized spacial score (nSPS) is 21.7. The molecule has 4 nitrogen and oxygen atoms in total. The summed E-state index contributed by atoms with van der Waals surface area (Å²) in [6, 6.07) is 6.34. The van der Waals surface area contributed by atoms with E-state index in [4.69, 9.17) is 0 Å². The van der Waals surface area contributed by atoms with E-state index in [1.807, 2.05) is 0 Å².